The third-order valence-corrected chi connectivity index (χ3v) is 2.60. The Labute approximate surface area is 91.3 Å². The van der Waals surface area contributed by atoms with Crippen LogP contribution in [-0.2, 0) is 9.47 Å². The van der Waals surface area contributed by atoms with Gasteiger partial charge in [-0.1, -0.05) is 6.92 Å². The van der Waals surface area contributed by atoms with Crippen LogP contribution in [0.4, 0.5) is 4.79 Å². The predicted molar refractivity (Wildman–Crippen MR) is 57.8 cm³/mol. The lowest BCUT2D eigenvalue weighted by molar-refractivity contribution is 0.0839. The van der Waals surface area contributed by atoms with Crippen molar-refractivity contribution in [1.29, 1.82) is 0 Å². The van der Waals surface area contributed by atoms with E-state index in [0.717, 1.165) is 19.4 Å². The number of carbonyl (C=O) groups excluding carboxylic acids is 1. The van der Waals surface area contributed by atoms with Gasteiger partial charge in [0, 0.05) is 19.1 Å². The van der Waals surface area contributed by atoms with Crippen molar-refractivity contribution < 1.29 is 14.3 Å². The van der Waals surface area contributed by atoms with Crippen LogP contribution in [0.25, 0.3) is 0 Å². The lowest BCUT2D eigenvalue weighted by Gasteiger charge is -2.17. The lowest BCUT2D eigenvalue weighted by atomic mass is 10.00. The van der Waals surface area contributed by atoms with Crippen molar-refractivity contribution in [2.24, 2.45) is 5.92 Å². The van der Waals surface area contributed by atoms with Gasteiger partial charge < -0.3 is 14.8 Å². The summed E-state index contributed by atoms with van der Waals surface area (Å²) in [5.41, 5.74) is 0. The fourth-order valence-corrected chi connectivity index (χ4v) is 1.85. The summed E-state index contributed by atoms with van der Waals surface area (Å²) in [6.07, 6.45) is 1.94. The van der Waals surface area contributed by atoms with Crippen LogP contribution in [0.15, 0.2) is 0 Å². The molecule has 2 atom stereocenters. The molecule has 1 aliphatic heterocycles. The van der Waals surface area contributed by atoms with E-state index in [-0.39, 0.29) is 12.2 Å². The molecule has 4 heteroatoms. The summed E-state index contributed by atoms with van der Waals surface area (Å²) < 4.78 is 10.5. The number of rotatable bonds is 4. The Morgan fingerprint density at radius 3 is 2.93 bits per heavy atom. The van der Waals surface area contributed by atoms with E-state index in [4.69, 9.17) is 9.47 Å². The quantitative estimate of drug-likeness (QED) is 0.779. The summed E-state index contributed by atoms with van der Waals surface area (Å²) in [5, 5.41) is 2.78. The standard InChI is InChI=1S/C11H21NO3/c1-4-10-9(5-6-14-10)7-12-11(13)15-8(2)3/h8-10H,4-7H2,1-3H3,(H,12,13). The molecule has 0 spiro atoms. The number of amides is 1. The highest BCUT2D eigenvalue weighted by Gasteiger charge is 2.26. The minimum atomic E-state index is -0.327. The molecule has 0 radical (unpaired) electrons. The molecule has 0 saturated carbocycles. The van der Waals surface area contributed by atoms with Gasteiger partial charge in [0.2, 0.25) is 0 Å². The Hall–Kier alpha value is -0.770. The Morgan fingerprint density at radius 2 is 2.33 bits per heavy atom. The van der Waals surface area contributed by atoms with Gasteiger partial charge >= 0.3 is 6.09 Å². The van der Waals surface area contributed by atoms with Gasteiger partial charge in [0.25, 0.3) is 0 Å². The van der Waals surface area contributed by atoms with E-state index >= 15 is 0 Å². The third-order valence-electron chi connectivity index (χ3n) is 2.60. The van der Waals surface area contributed by atoms with E-state index < -0.39 is 0 Å². The molecule has 1 aliphatic rings. The topological polar surface area (TPSA) is 47.6 Å². The summed E-state index contributed by atoms with van der Waals surface area (Å²) in [5.74, 6) is 0.440. The van der Waals surface area contributed by atoms with E-state index in [1.807, 2.05) is 13.8 Å². The fourth-order valence-electron chi connectivity index (χ4n) is 1.85. The zero-order valence-corrected chi connectivity index (χ0v) is 9.79. The molecule has 1 fully saturated rings. The Kier molecular flexibility index (Phi) is 4.88. The van der Waals surface area contributed by atoms with Crippen molar-refractivity contribution in [3.63, 3.8) is 0 Å². The maximum Gasteiger partial charge on any atom is 0.407 e. The third kappa shape index (κ3) is 4.08. The van der Waals surface area contributed by atoms with Crippen LogP contribution in [0, 0.1) is 5.92 Å². The number of carbonyl (C=O) groups is 1. The molecule has 15 heavy (non-hydrogen) atoms. The second kappa shape index (κ2) is 5.95. The van der Waals surface area contributed by atoms with E-state index in [9.17, 15) is 4.79 Å². The first-order chi connectivity index (χ1) is 7.13. The Morgan fingerprint density at radius 1 is 1.60 bits per heavy atom. The normalized spacial score (nSPS) is 25.6. The number of alkyl carbamates (subject to hydrolysis) is 1. The molecule has 1 saturated heterocycles. The first-order valence-electron chi connectivity index (χ1n) is 5.69. The van der Waals surface area contributed by atoms with Crippen molar-refractivity contribution >= 4 is 6.09 Å². The minimum absolute atomic E-state index is 0.0631. The first kappa shape index (κ1) is 12.3. The number of hydrogen-bond donors (Lipinski definition) is 1. The van der Waals surface area contributed by atoms with Crippen molar-refractivity contribution in [2.75, 3.05) is 13.2 Å². The van der Waals surface area contributed by atoms with Gasteiger partial charge in [0.05, 0.1) is 12.2 Å². The molecule has 4 nitrogen and oxygen atoms in total. The second-order valence-corrected chi connectivity index (χ2v) is 4.20. The highest BCUT2D eigenvalue weighted by atomic mass is 16.6. The fraction of sp³-hybridized carbons (Fsp3) is 0.909. The van der Waals surface area contributed by atoms with Crippen LogP contribution >= 0.6 is 0 Å². The molecule has 1 N–H and O–H groups in total. The minimum Gasteiger partial charge on any atom is -0.447 e. The van der Waals surface area contributed by atoms with Gasteiger partial charge in [-0.3, -0.25) is 0 Å². The monoisotopic (exact) mass is 215 g/mol. The Balaban J connectivity index is 2.21. The molecule has 1 amide bonds. The number of nitrogens with one attached hydrogen (secondary N) is 1. The van der Waals surface area contributed by atoms with Crippen molar-refractivity contribution in [1.82, 2.24) is 5.32 Å². The molecule has 1 heterocycles. The lowest BCUT2D eigenvalue weighted by Crippen LogP contribution is -2.34. The highest BCUT2D eigenvalue weighted by molar-refractivity contribution is 5.67. The molecule has 88 valence electrons. The molecule has 1 rings (SSSR count). The van der Waals surface area contributed by atoms with Crippen molar-refractivity contribution in [2.45, 2.75) is 45.8 Å². The smallest absolute Gasteiger partial charge is 0.407 e. The van der Waals surface area contributed by atoms with Crippen LogP contribution in [0.2, 0.25) is 0 Å². The zero-order chi connectivity index (χ0) is 11.3. The van der Waals surface area contributed by atoms with Gasteiger partial charge in [-0.15, -0.1) is 0 Å². The van der Waals surface area contributed by atoms with Gasteiger partial charge in [-0.25, -0.2) is 4.79 Å². The highest BCUT2D eigenvalue weighted by Crippen LogP contribution is 2.22. The summed E-state index contributed by atoms with van der Waals surface area (Å²) in [6, 6.07) is 0. The molecule has 0 aromatic heterocycles. The molecule has 2 unspecified atom stereocenters. The molecule has 0 aromatic carbocycles. The zero-order valence-electron chi connectivity index (χ0n) is 9.79. The SMILES string of the molecule is CCC1OCCC1CNC(=O)OC(C)C. The molecule has 0 bridgehead atoms. The van der Waals surface area contributed by atoms with Gasteiger partial charge in [0.15, 0.2) is 0 Å². The van der Waals surface area contributed by atoms with E-state index in [2.05, 4.69) is 12.2 Å². The summed E-state index contributed by atoms with van der Waals surface area (Å²) in [6.45, 7) is 7.25. The van der Waals surface area contributed by atoms with Crippen LogP contribution < -0.4 is 5.32 Å². The van der Waals surface area contributed by atoms with Gasteiger partial charge in [-0.2, -0.15) is 0 Å². The average Bonchev–Trinajstić information content (AvgIpc) is 2.60. The van der Waals surface area contributed by atoms with E-state index in [0.29, 0.717) is 18.6 Å². The predicted octanol–water partition coefficient (Wildman–Crippen LogP) is 1.94. The summed E-state index contributed by atoms with van der Waals surface area (Å²) >= 11 is 0. The van der Waals surface area contributed by atoms with Crippen molar-refractivity contribution in [3.05, 3.63) is 0 Å². The van der Waals surface area contributed by atoms with Crippen LogP contribution in [0.3, 0.4) is 0 Å². The molecular formula is C11H21NO3. The maximum atomic E-state index is 11.2. The van der Waals surface area contributed by atoms with Crippen LogP contribution in [0.5, 0.6) is 0 Å². The van der Waals surface area contributed by atoms with Crippen LogP contribution in [-0.4, -0.2) is 31.5 Å². The maximum absolute atomic E-state index is 11.2. The van der Waals surface area contributed by atoms with Gasteiger partial charge in [0.1, 0.15) is 0 Å². The molecule has 0 aromatic rings. The summed E-state index contributed by atoms with van der Waals surface area (Å²) in [7, 11) is 0. The largest absolute Gasteiger partial charge is 0.447 e. The number of hydrogen-bond acceptors (Lipinski definition) is 3. The molecular weight excluding hydrogens is 194 g/mol. The van der Waals surface area contributed by atoms with Crippen molar-refractivity contribution in [3.8, 4) is 0 Å². The second-order valence-electron chi connectivity index (χ2n) is 4.20. The average molecular weight is 215 g/mol. The van der Waals surface area contributed by atoms with E-state index in [1.165, 1.54) is 0 Å². The Bertz CT molecular complexity index is 206. The summed E-state index contributed by atoms with van der Waals surface area (Å²) in [4.78, 5) is 11.2. The van der Waals surface area contributed by atoms with Crippen LogP contribution in [0.1, 0.15) is 33.6 Å². The molecule has 0 aliphatic carbocycles. The number of ether oxygens (including phenoxy) is 2. The van der Waals surface area contributed by atoms with Gasteiger partial charge in [-0.05, 0) is 26.7 Å². The first-order valence-corrected chi connectivity index (χ1v) is 5.69. The van der Waals surface area contributed by atoms with E-state index in [1.54, 1.807) is 0 Å².